The van der Waals surface area contributed by atoms with Crippen LogP contribution < -0.4 is 14.2 Å². The zero-order chi connectivity index (χ0) is 21.1. The Morgan fingerprint density at radius 1 is 1.17 bits per heavy atom. The van der Waals surface area contributed by atoms with Crippen molar-refractivity contribution in [2.75, 3.05) is 0 Å². The number of rotatable bonds is 5. The van der Waals surface area contributed by atoms with Gasteiger partial charge in [-0.3, -0.25) is 4.79 Å². The normalized spacial score (nSPS) is 24.5. The van der Waals surface area contributed by atoms with Crippen molar-refractivity contribution < 1.29 is 46.1 Å². The predicted molar refractivity (Wildman–Crippen MR) is 87.5 cm³/mol. The smallest absolute Gasteiger partial charge is 0.416 e. The fourth-order valence-corrected chi connectivity index (χ4v) is 3.70. The number of ether oxygens (including phenoxy) is 3. The van der Waals surface area contributed by atoms with Crippen LogP contribution in [0.4, 0.5) is 22.0 Å². The lowest BCUT2D eigenvalue weighted by Gasteiger charge is -2.16. The second-order valence-corrected chi connectivity index (χ2v) is 6.93. The van der Waals surface area contributed by atoms with Gasteiger partial charge in [-0.25, -0.2) is 0 Å². The van der Waals surface area contributed by atoms with Crippen LogP contribution in [0.3, 0.4) is 0 Å². The van der Waals surface area contributed by atoms with Crippen molar-refractivity contribution in [1.82, 2.24) is 0 Å². The number of carboxylic acid groups (broad SMARTS) is 1. The summed E-state index contributed by atoms with van der Waals surface area (Å²) >= 11 is 0. The minimum absolute atomic E-state index is 0.111. The number of benzene rings is 2. The van der Waals surface area contributed by atoms with E-state index in [-0.39, 0.29) is 11.5 Å². The Kier molecular flexibility index (Phi) is 4.14. The summed E-state index contributed by atoms with van der Waals surface area (Å²) in [5.41, 5.74) is -1.16. The Hall–Kier alpha value is -3.04. The predicted octanol–water partition coefficient (Wildman–Crippen LogP) is 4.83. The maximum absolute atomic E-state index is 12.8. The summed E-state index contributed by atoms with van der Waals surface area (Å²) < 4.78 is 79.0. The molecule has 2 aromatic carbocycles. The highest BCUT2D eigenvalue weighted by Gasteiger charge is 2.72. The van der Waals surface area contributed by atoms with Gasteiger partial charge in [0.25, 0.3) is 0 Å². The number of alkyl halides is 5. The first-order chi connectivity index (χ1) is 13.5. The van der Waals surface area contributed by atoms with E-state index in [9.17, 15) is 31.9 Å². The van der Waals surface area contributed by atoms with Crippen molar-refractivity contribution in [3.05, 3.63) is 47.5 Å². The van der Waals surface area contributed by atoms with E-state index in [1.165, 1.54) is 12.1 Å². The van der Waals surface area contributed by atoms with Crippen molar-refractivity contribution in [1.29, 1.82) is 0 Å². The lowest BCUT2D eigenvalue weighted by molar-refractivity contribution is -0.140. The van der Waals surface area contributed by atoms with E-state index >= 15 is 0 Å². The molecule has 3 atom stereocenters. The fourth-order valence-electron chi connectivity index (χ4n) is 3.70. The maximum atomic E-state index is 12.8. The Labute approximate surface area is 160 Å². The molecule has 1 N–H and O–H groups in total. The van der Waals surface area contributed by atoms with Crippen LogP contribution in [0, 0.1) is 5.92 Å². The molecule has 2 aliphatic rings. The van der Waals surface area contributed by atoms with Gasteiger partial charge in [0.1, 0.15) is 23.5 Å². The molecule has 0 saturated heterocycles. The largest absolute Gasteiger partial charge is 0.488 e. The zero-order valence-electron chi connectivity index (χ0n) is 14.7. The fraction of sp³-hybridized carbons (Fsp3) is 0.316. The van der Waals surface area contributed by atoms with E-state index in [1.54, 1.807) is 13.0 Å². The third kappa shape index (κ3) is 3.12. The van der Waals surface area contributed by atoms with Crippen molar-refractivity contribution in [2.24, 2.45) is 5.92 Å². The summed E-state index contributed by atoms with van der Waals surface area (Å²) in [4.78, 5) is 11.3. The van der Waals surface area contributed by atoms with Crippen LogP contribution in [0.25, 0.3) is 0 Å². The summed E-state index contributed by atoms with van der Waals surface area (Å²) in [7, 11) is 0. The van der Waals surface area contributed by atoms with Gasteiger partial charge in [0.2, 0.25) is 0 Å². The molecule has 29 heavy (non-hydrogen) atoms. The highest BCUT2D eigenvalue weighted by molar-refractivity contribution is 5.81. The second kappa shape index (κ2) is 6.23. The van der Waals surface area contributed by atoms with Crippen LogP contribution in [0.5, 0.6) is 23.0 Å². The summed E-state index contributed by atoms with van der Waals surface area (Å²) in [6, 6.07) is 6.47. The maximum Gasteiger partial charge on any atom is 0.416 e. The number of carbonyl (C=O) groups is 1. The van der Waals surface area contributed by atoms with Crippen LogP contribution in [0.2, 0.25) is 0 Å². The Bertz CT molecular complexity index is 989. The molecule has 1 saturated carbocycles. The third-order valence-corrected chi connectivity index (χ3v) is 5.20. The lowest BCUT2D eigenvalue weighted by atomic mass is 9.95. The molecular weight excluding hydrogens is 403 g/mol. The van der Waals surface area contributed by atoms with Gasteiger partial charge in [-0.05, 0) is 24.3 Å². The number of halogens is 5. The van der Waals surface area contributed by atoms with E-state index in [0.717, 1.165) is 6.07 Å². The number of hydrogen-bond acceptors (Lipinski definition) is 4. The van der Waals surface area contributed by atoms with Crippen molar-refractivity contribution in [3.63, 3.8) is 0 Å². The van der Waals surface area contributed by atoms with Crippen LogP contribution >= 0.6 is 0 Å². The number of hydrogen-bond donors (Lipinski definition) is 1. The highest BCUT2D eigenvalue weighted by Crippen LogP contribution is 2.63. The number of aliphatic carboxylic acids is 1. The molecular formula is C19H13F5O5. The minimum atomic E-state index is -4.74. The molecule has 4 rings (SSSR count). The lowest BCUT2D eigenvalue weighted by Crippen LogP contribution is -2.11. The van der Waals surface area contributed by atoms with Gasteiger partial charge in [-0.1, -0.05) is 13.0 Å². The van der Waals surface area contributed by atoms with Gasteiger partial charge < -0.3 is 19.3 Å². The Morgan fingerprint density at radius 3 is 2.52 bits per heavy atom. The standard InChI is InChI=1S/C19H13F5O5/c1-18-10-4-3-9(7-12(10)28-15(18)14(18)16(25)26)27-11-5-2-8(19(22,23)24)6-13(11)29-17(20)21/h2-7,14-15,17H,1H3,(H,25,26)/t14-,15?,18-/m1/s1. The first kappa shape index (κ1) is 19.3. The first-order valence-corrected chi connectivity index (χ1v) is 8.39. The summed E-state index contributed by atoms with van der Waals surface area (Å²) in [5, 5.41) is 9.22. The molecule has 0 aromatic heterocycles. The van der Waals surface area contributed by atoms with Gasteiger partial charge in [-0.2, -0.15) is 22.0 Å². The quantitative estimate of drug-likeness (QED) is 0.708. The molecule has 1 fully saturated rings. The van der Waals surface area contributed by atoms with E-state index < -0.39 is 47.5 Å². The first-order valence-electron chi connectivity index (χ1n) is 8.39. The third-order valence-electron chi connectivity index (χ3n) is 5.20. The molecule has 1 aliphatic heterocycles. The van der Waals surface area contributed by atoms with Gasteiger partial charge in [-0.15, -0.1) is 0 Å². The van der Waals surface area contributed by atoms with Crippen molar-refractivity contribution in [2.45, 2.75) is 31.2 Å². The zero-order valence-corrected chi connectivity index (χ0v) is 14.7. The number of carboxylic acids is 1. The van der Waals surface area contributed by atoms with E-state index in [2.05, 4.69) is 4.74 Å². The molecule has 0 amide bonds. The SMILES string of the molecule is C[C@]12c3ccc(Oc4ccc(C(F)(F)F)cc4OC(F)F)cc3OC1[C@@H]2C(=O)O. The van der Waals surface area contributed by atoms with Gasteiger partial charge in [0.15, 0.2) is 11.5 Å². The van der Waals surface area contributed by atoms with Crippen LogP contribution in [-0.4, -0.2) is 23.8 Å². The molecule has 0 bridgehead atoms. The molecule has 1 unspecified atom stereocenters. The van der Waals surface area contributed by atoms with Crippen molar-refractivity contribution >= 4 is 5.97 Å². The molecule has 0 radical (unpaired) electrons. The highest BCUT2D eigenvalue weighted by atomic mass is 19.4. The summed E-state index contributed by atoms with van der Waals surface area (Å²) in [6.45, 7) is -1.59. The van der Waals surface area contributed by atoms with Gasteiger partial charge in [0, 0.05) is 11.6 Å². The topological polar surface area (TPSA) is 65.0 Å². The minimum Gasteiger partial charge on any atom is -0.488 e. The molecule has 2 aromatic rings. The second-order valence-electron chi connectivity index (χ2n) is 6.93. The molecule has 154 valence electrons. The molecule has 5 nitrogen and oxygen atoms in total. The summed E-state index contributed by atoms with van der Waals surface area (Å²) in [6.07, 6.45) is -5.26. The average molecular weight is 416 g/mol. The van der Waals surface area contributed by atoms with Crippen LogP contribution in [0.15, 0.2) is 36.4 Å². The molecule has 0 spiro atoms. The van der Waals surface area contributed by atoms with Crippen molar-refractivity contribution in [3.8, 4) is 23.0 Å². The Morgan fingerprint density at radius 2 is 1.90 bits per heavy atom. The number of fused-ring (bicyclic) bond motifs is 3. The molecule has 1 aliphatic carbocycles. The van der Waals surface area contributed by atoms with Crippen LogP contribution in [-0.2, 0) is 16.4 Å². The summed E-state index contributed by atoms with van der Waals surface area (Å²) in [5.74, 6) is -2.26. The van der Waals surface area contributed by atoms with Gasteiger partial charge in [0.05, 0.1) is 11.0 Å². The molecule has 10 heteroatoms. The monoisotopic (exact) mass is 416 g/mol. The van der Waals surface area contributed by atoms with E-state index in [4.69, 9.17) is 9.47 Å². The average Bonchev–Trinajstić information content (AvgIpc) is 3.09. The van der Waals surface area contributed by atoms with E-state index in [1.807, 2.05) is 0 Å². The van der Waals surface area contributed by atoms with Gasteiger partial charge >= 0.3 is 18.8 Å². The van der Waals surface area contributed by atoms with E-state index in [0.29, 0.717) is 23.4 Å². The van der Waals surface area contributed by atoms with Crippen LogP contribution in [0.1, 0.15) is 18.1 Å². The Balaban J connectivity index is 1.62. The molecule has 1 heterocycles.